The maximum Gasteiger partial charge on any atom is 0.231 e. The second-order valence-corrected chi connectivity index (χ2v) is 3.45. The van der Waals surface area contributed by atoms with Gasteiger partial charge in [0.15, 0.2) is 11.5 Å². The molecule has 2 aromatic rings. The standard InChI is InChI=1S/C12H10NO2/c1-9-3-2-6-13(9)10-4-5-11-12(7-10)15-8-14-11/h2,4-7H,8H2,1H3. The van der Waals surface area contributed by atoms with E-state index in [1.807, 2.05) is 37.4 Å². The molecule has 3 heteroatoms. The summed E-state index contributed by atoms with van der Waals surface area (Å²) in [7, 11) is 0. The van der Waals surface area contributed by atoms with E-state index in [-0.39, 0.29) is 0 Å². The van der Waals surface area contributed by atoms with E-state index in [1.54, 1.807) is 0 Å². The second kappa shape index (κ2) is 3.05. The lowest BCUT2D eigenvalue weighted by Crippen LogP contribution is -1.94. The van der Waals surface area contributed by atoms with Crippen LogP contribution >= 0.6 is 0 Å². The molecule has 0 unspecified atom stereocenters. The number of hydrogen-bond acceptors (Lipinski definition) is 2. The lowest BCUT2D eigenvalue weighted by Gasteiger charge is -2.06. The molecular weight excluding hydrogens is 190 g/mol. The third kappa shape index (κ3) is 1.28. The molecular formula is C12H10NO2. The van der Waals surface area contributed by atoms with E-state index in [2.05, 4.69) is 10.6 Å². The van der Waals surface area contributed by atoms with E-state index in [0.29, 0.717) is 6.79 Å². The second-order valence-electron chi connectivity index (χ2n) is 3.45. The van der Waals surface area contributed by atoms with Crippen LogP contribution in [0.2, 0.25) is 0 Å². The normalized spacial score (nSPS) is 13.1. The third-order valence-corrected chi connectivity index (χ3v) is 2.51. The summed E-state index contributed by atoms with van der Waals surface area (Å²) < 4.78 is 12.7. The molecule has 0 fully saturated rings. The van der Waals surface area contributed by atoms with Gasteiger partial charge in [-0.3, -0.25) is 0 Å². The van der Waals surface area contributed by atoms with Gasteiger partial charge < -0.3 is 14.0 Å². The van der Waals surface area contributed by atoms with Crippen molar-refractivity contribution in [2.75, 3.05) is 6.79 Å². The Kier molecular flexibility index (Phi) is 1.71. The van der Waals surface area contributed by atoms with Crippen LogP contribution in [0.15, 0.2) is 30.5 Å². The molecule has 1 radical (unpaired) electrons. The molecule has 0 spiro atoms. The summed E-state index contributed by atoms with van der Waals surface area (Å²) in [6.45, 7) is 2.33. The molecule has 1 aliphatic heterocycles. The van der Waals surface area contributed by atoms with Crippen molar-refractivity contribution in [1.82, 2.24) is 4.57 Å². The van der Waals surface area contributed by atoms with Gasteiger partial charge in [0, 0.05) is 29.7 Å². The summed E-state index contributed by atoms with van der Waals surface area (Å²) in [6, 6.07) is 10.9. The van der Waals surface area contributed by atoms with Crippen LogP contribution in [0.4, 0.5) is 0 Å². The van der Waals surface area contributed by atoms with Crippen molar-refractivity contribution in [3.8, 4) is 17.2 Å². The third-order valence-electron chi connectivity index (χ3n) is 2.51. The van der Waals surface area contributed by atoms with Crippen molar-refractivity contribution < 1.29 is 9.47 Å². The van der Waals surface area contributed by atoms with Crippen LogP contribution in [0.5, 0.6) is 11.5 Å². The van der Waals surface area contributed by atoms with Crippen molar-refractivity contribution in [3.63, 3.8) is 0 Å². The van der Waals surface area contributed by atoms with Gasteiger partial charge in [0.25, 0.3) is 0 Å². The molecule has 15 heavy (non-hydrogen) atoms. The summed E-state index contributed by atoms with van der Waals surface area (Å²) in [4.78, 5) is 0. The zero-order valence-electron chi connectivity index (χ0n) is 8.36. The minimum atomic E-state index is 0.315. The van der Waals surface area contributed by atoms with E-state index in [9.17, 15) is 0 Å². The molecule has 0 N–H and O–H groups in total. The average molecular weight is 200 g/mol. The number of ether oxygens (including phenoxy) is 2. The predicted octanol–water partition coefficient (Wildman–Crippen LogP) is 2.31. The Hall–Kier alpha value is -1.90. The van der Waals surface area contributed by atoms with Crippen molar-refractivity contribution in [2.24, 2.45) is 0 Å². The van der Waals surface area contributed by atoms with Crippen LogP contribution in [0.1, 0.15) is 5.69 Å². The number of aromatic nitrogens is 1. The van der Waals surface area contributed by atoms with Crippen LogP contribution in [-0.4, -0.2) is 11.4 Å². The molecule has 3 nitrogen and oxygen atoms in total. The fraction of sp³-hybridized carbons (Fsp3) is 0.167. The van der Waals surface area contributed by atoms with Crippen LogP contribution < -0.4 is 9.47 Å². The number of hydrogen-bond donors (Lipinski definition) is 0. The maximum atomic E-state index is 5.33. The fourth-order valence-electron chi connectivity index (χ4n) is 1.73. The number of fused-ring (bicyclic) bond motifs is 1. The van der Waals surface area contributed by atoms with Gasteiger partial charge >= 0.3 is 0 Å². The van der Waals surface area contributed by atoms with E-state index >= 15 is 0 Å². The Bertz CT molecular complexity index is 502. The van der Waals surface area contributed by atoms with Gasteiger partial charge in [-0.15, -0.1) is 0 Å². The van der Waals surface area contributed by atoms with E-state index in [0.717, 1.165) is 22.9 Å². The molecule has 0 saturated carbocycles. The first-order valence-electron chi connectivity index (χ1n) is 4.80. The van der Waals surface area contributed by atoms with Crippen LogP contribution in [0, 0.1) is 13.0 Å². The lowest BCUT2D eigenvalue weighted by atomic mass is 10.2. The van der Waals surface area contributed by atoms with Gasteiger partial charge in [-0.2, -0.15) is 0 Å². The summed E-state index contributed by atoms with van der Waals surface area (Å²) in [5.74, 6) is 1.62. The van der Waals surface area contributed by atoms with Gasteiger partial charge in [0.1, 0.15) is 0 Å². The molecule has 0 saturated heterocycles. The van der Waals surface area contributed by atoms with Crippen molar-refractivity contribution in [2.45, 2.75) is 6.92 Å². The van der Waals surface area contributed by atoms with Crippen LogP contribution in [-0.2, 0) is 0 Å². The smallest absolute Gasteiger partial charge is 0.231 e. The van der Waals surface area contributed by atoms with Crippen molar-refractivity contribution in [1.29, 1.82) is 0 Å². The summed E-state index contributed by atoms with van der Waals surface area (Å²) in [5.41, 5.74) is 2.15. The summed E-state index contributed by atoms with van der Waals surface area (Å²) in [5, 5.41) is 0. The van der Waals surface area contributed by atoms with Crippen LogP contribution in [0.25, 0.3) is 5.69 Å². The van der Waals surface area contributed by atoms with Gasteiger partial charge in [0.05, 0.1) is 0 Å². The van der Waals surface area contributed by atoms with Gasteiger partial charge in [-0.05, 0) is 25.1 Å². The Labute approximate surface area is 87.9 Å². The highest BCUT2D eigenvalue weighted by Crippen LogP contribution is 2.33. The molecule has 1 aliphatic rings. The highest BCUT2D eigenvalue weighted by atomic mass is 16.7. The SMILES string of the molecule is Cc1[c]ccn1-c1ccc2c(c1)OCO2. The zero-order chi connectivity index (χ0) is 10.3. The first-order chi connectivity index (χ1) is 7.34. The Balaban J connectivity index is 2.11. The molecule has 0 aliphatic carbocycles. The minimum Gasteiger partial charge on any atom is -0.454 e. The largest absolute Gasteiger partial charge is 0.454 e. The number of benzene rings is 1. The number of nitrogens with zero attached hydrogens (tertiary/aromatic N) is 1. The van der Waals surface area contributed by atoms with Gasteiger partial charge in [-0.25, -0.2) is 0 Å². The number of aryl methyl sites for hydroxylation is 1. The fourth-order valence-corrected chi connectivity index (χ4v) is 1.73. The monoisotopic (exact) mass is 200 g/mol. The van der Waals surface area contributed by atoms with Gasteiger partial charge in [-0.1, -0.05) is 0 Å². The molecule has 75 valence electrons. The molecule has 0 amide bonds. The van der Waals surface area contributed by atoms with Gasteiger partial charge in [0.2, 0.25) is 6.79 Å². The Morgan fingerprint density at radius 1 is 1.27 bits per heavy atom. The first kappa shape index (κ1) is 8.41. The maximum absolute atomic E-state index is 5.33. The number of rotatable bonds is 1. The topological polar surface area (TPSA) is 23.4 Å². The molecule has 1 aromatic carbocycles. The van der Waals surface area contributed by atoms with Crippen molar-refractivity contribution in [3.05, 3.63) is 42.2 Å². The minimum absolute atomic E-state index is 0.315. The quantitative estimate of drug-likeness (QED) is 0.705. The molecule has 1 aromatic heterocycles. The van der Waals surface area contributed by atoms with Crippen LogP contribution in [0.3, 0.4) is 0 Å². The van der Waals surface area contributed by atoms with E-state index in [1.165, 1.54) is 0 Å². The zero-order valence-corrected chi connectivity index (χ0v) is 8.36. The van der Waals surface area contributed by atoms with Crippen molar-refractivity contribution >= 4 is 0 Å². The molecule has 3 rings (SSSR count). The first-order valence-corrected chi connectivity index (χ1v) is 4.80. The highest BCUT2D eigenvalue weighted by Gasteiger charge is 2.13. The Morgan fingerprint density at radius 2 is 2.13 bits per heavy atom. The highest BCUT2D eigenvalue weighted by molar-refractivity contribution is 5.50. The molecule has 0 bridgehead atoms. The predicted molar refractivity (Wildman–Crippen MR) is 55.5 cm³/mol. The van der Waals surface area contributed by atoms with E-state index < -0.39 is 0 Å². The lowest BCUT2D eigenvalue weighted by molar-refractivity contribution is 0.174. The Morgan fingerprint density at radius 3 is 2.93 bits per heavy atom. The summed E-state index contributed by atoms with van der Waals surface area (Å²) in [6.07, 6.45) is 1.98. The van der Waals surface area contributed by atoms with E-state index in [4.69, 9.17) is 9.47 Å². The molecule has 2 heterocycles. The average Bonchev–Trinajstić information content (AvgIpc) is 2.84. The molecule has 0 atom stereocenters. The summed E-state index contributed by atoms with van der Waals surface area (Å²) >= 11 is 0.